The van der Waals surface area contributed by atoms with Crippen molar-refractivity contribution in [1.82, 2.24) is 24.8 Å². The molecule has 0 unspecified atom stereocenters. The molecule has 5 aromatic rings. The van der Waals surface area contributed by atoms with Crippen molar-refractivity contribution in [3.8, 4) is 34.6 Å². The Bertz CT molecular complexity index is 2880. The number of aryl methyl sites for hydroxylation is 1. The number of morpholine rings is 1. The lowest BCUT2D eigenvalue weighted by Crippen LogP contribution is -2.65. The summed E-state index contributed by atoms with van der Waals surface area (Å²) in [7, 11) is 2.96. The fraction of sp³-hybridized carbons (Fsp3) is 0.509. The molecule has 74 heavy (non-hydrogen) atoms. The molecule has 0 saturated carbocycles. The third-order valence-electron chi connectivity index (χ3n) is 14.8. The number of halogens is 7. The van der Waals surface area contributed by atoms with E-state index in [2.05, 4.69) is 14.9 Å². The van der Waals surface area contributed by atoms with Crippen molar-refractivity contribution in [3.05, 3.63) is 88.5 Å². The van der Waals surface area contributed by atoms with Crippen molar-refractivity contribution in [2.75, 3.05) is 56.9 Å². The first-order chi connectivity index (χ1) is 35.1. The highest BCUT2D eigenvalue weighted by Gasteiger charge is 2.61. The van der Waals surface area contributed by atoms with E-state index in [-0.39, 0.29) is 55.5 Å². The molecule has 21 heteroatoms. The van der Waals surface area contributed by atoms with Crippen molar-refractivity contribution in [2.24, 2.45) is 0 Å². The van der Waals surface area contributed by atoms with Crippen LogP contribution in [-0.4, -0.2) is 126 Å². The van der Waals surface area contributed by atoms with E-state index in [1.807, 2.05) is 4.90 Å². The van der Waals surface area contributed by atoms with Crippen molar-refractivity contribution < 1.29 is 63.9 Å². The number of alkyl halides is 5. The van der Waals surface area contributed by atoms with Crippen molar-refractivity contribution in [3.63, 3.8) is 0 Å². The monoisotopic (exact) mass is 1040 g/mol. The molecule has 0 N–H and O–H groups in total. The van der Waals surface area contributed by atoms with E-state index < -0.39 is 99.1 Å². The minimum atomic E-state index is -6.27. The molecule has 7 heterocycles. The maximum absolute atomic E-state index is 18.2. The topological polar surface area (TPSA) is 124 Å². The number of nitrogens with zero attached hydrogens (tertiary/aromatic N) is 7. The number of hydrogen-bond acceptors (Lipinski definition) is 13. The third-order valence-corrected chi connectivity index (χ3v) is 14.8. The van der Waals surface area contributed by atoms with Gasteiger partial charge in [0, 0.05) is 43.8 Å². The highest BCUT2D eigenvalue weighted by atomic mass is 19.4. The molecule has 10 rings (SSSR count). The maximum atomic E-state index is 18.2. The first-order valence-corrected chi connectivity index (χ1v) is 24.8. The van der Waals surface area contributed by atoms with Gasteiger partial charge in [0.05, 0.1) is 56.8 Å². The van der Waals surface area contributed by atoms with Crippen LogP contribution in [0.5, 0.6) is 23.4 Å². The number of ether oxygens (including phenoxy) is 6. The highest BCUT2D eigenvalue weighted by molar-refractivity contribution is 5.98. The Balaban J connectivity index is 1.17. The lowest BCUT2D eigenvalue weighted by atomic mass is 9.91. The first kappa shape index (κ1) is 51.1. The number of carbonyl (C=O) groups is 1. The lowest BCUT2D eigenvalue weighted by molar-refractivity contribution is -0.289. The summed E-state index contributed by atoms with van der Waals surface area (Å²) in [6, 6.07) is 12.5. The second kappa shape index (κ2) is 19.4. The van der Waals surface area contributed by atoms with E-state index >= 15 is 17.6 Å². The predicted molar refractivity (Wildman–Crippen MR) is 259 cm³/mol. The predicted octanol–water partition coefficient (Wildman–Crippen LogP) is 10.1. The maximum Gasteiger partial charge on any atom is 0.458 e. The largest absolute Gasteiger partial charge is 0.497 e. The second-order valence-corrected chi connectivity index (χ2v) is 20.7. The fourth-order valence-corrected chi connectivity index (χ4v) is 11.4. The minimum absolute atomic E-state index is 0.0674. The van der Waals surface area contributed by atoms with Gasteiger partial charge in [-0.2, -0.15) is 31.9 Å². The standard InChI is InChI=1S/C53H58F7N7O7/c1-28-22-38(64(23-30-8-15-35(69-6)16-9-30)24-31-10-17-36(70-7)18-11-31)42(54)39(41(28)52(56,57)53(58,59)60)44-43(55)45-40-47(63-49(62-45)72-27-34-13-12-33-26-71-21-20-65(33)34)66-25-32-14-19-37(46(66)29(2)73-48(40)61-44)67(32)50(68)74-51(3,4)5/h8-11,15-18,22,29,32-34,37,46H,12-14,19-21,23-27H2,1-7H3/t29-,32+,33-,34-,37-,46+/m0/s1. The van der Waals surface area contributed by atoms with Crippen LogP contribution in [0.3, 0.4) is 0 Å². The number of carbonyl (C=O) groups excluding carboxylic acids is 1. The van der Waals surface area contributed by atoms with Crippen LogP contribution < -0.4 is 28.7 Å². The van der Waals surface area contributed by atoms with Crippen molar-refractivity contribution >= 4 is 28.5 Å². The number of piperazine rings is 1. The molecule has 3 aromatic carbocycles. The van der Waals surface area contributed by atoms with Gasteiger partial charge in [0.1, 0.15) is 52.2 Å². The van der Waals surface area contributed by atoms with Crippen LogP contribution in [0.15, 0.2) is 54.6 Å². The molecule has 396 valence electrons. The number of benzene rings is 3. The van der Waals surface area contributed by atoms with Gasteiger partial charge in [0.15, 0.2) is 11.6 Å². The number of pyridine rings is 1. The molecule has 6 atom stereocenters. The molecule has 0 radical (unpaired) electrons. The minimum Gasteiger partial charge on any atom is -0.497 e. The number of aromatic nitrogens is 3. The Morgan fingerprint density at radius 3 is 2.12 bits per heavy atom. The lowest BCUT2D eigenvalue weighted by Gasteiger charge is -2.48. The number of hydrogen-bond donors (Lipinski definition) is 0. The Hall–Kier alpha value is -6.35. The number of amides is 1. The summed E-state index contributed by atoms with van der Waals surface area (Å²) in [6.07, 6.45) is -5.04. The Kier molecular flexibility index (Phi) is 13.4. The molecule has 2 bridgehead atoms. The molecule has 0 aliphatic carbocycles. The van der Waals surface area contributed by atoms with Gasteiger partial charge in [-0.1, -0.05) is 24.3 Å². The summed E-state index contributed by atoms with van der Waals surface area (Å²) in [6.45, 7) is 9.73. The average molecular weight is 1040 g/mol. The van der Waals surface area contributed by atoms with Crippen LogP contribution in [0.2, 0.25) is 0 Å². The van der Waals surface area contributed by atoms with Crippen molar-refractivity contribution in [2.45, 2.75) is 127 Å². The van der Waals surface area contributed by atoms with E-state index in [1.165, 1.54) is 19.1 Å². The van der Waals surface area contributed by atoms with E-state index in [9.17, 15) is 18.0 Å². The zero-order valence-corrected chi connectivity index (χ0v) is 42.1. The van der Waals surface area contributed by atoms with E-state index in [0.717, 1.165) is 25.8 Å². The summed E-state index contributed by atoms with van der Waals surface area (Å²) in [5, 5.41) is -0.134. The summed E-state index contributed by atoms with van der Waals surface area (Å²) >= 11 is 0. The molecule has 5 aliphatic heterocycles. The van der Waals surface area contributed by atoms with Crippen LogP contribution in [0.4, 0.5) is 47.0 Å². The number of anilines is 2. The van der Waals surface area contributed by atoms with Gasteiger partial charge in [-0.3, -0.25) is 9.80 Å². The first-order valence-electron chi connectivity index (χ1n) is 24.8. The summed E-state index contributed by atoms with van der Waals surface area (Å²) in [5.74, 6) is -8.18. The Morgan fingerprint density at radius 1 is 0.851 bits per heavy atom. The molecule has 4 fully saturated rings. The molecule has 5 aliphatic rings. The normalized spacial score (nSPS) is 22.7. The number of rotatable bonds is 12. The average Bonchev–Trinajstić information content (AvgIpc) is 3.89. The highest BCUT2D eigenvalue weighted by Crippen LogP contribution is 2.53. The second-order valence-electron chi connectivity index (χ2n) is 20.7. The van der Waals surface area contributed by atoms with Crippen LogP contribution in [-0.2, 0) is 28.5 Å². The van der Waals surface area contributed by atoms with Gasteiger partial charge in [0.25, 0.3) is 0 Å². The Morgan fingerprint density at radius 2 is 1.50 bits per heavy atom. The molecular formula is C53H58F7N7O7. The number of methoxy groups -OCH3 is 2. The summed E-state index contributed by atoms with van der Waals surface area (Å²) in [4.78, 5) is 35.0. The van der Waals surface area contributed by atoms with Crippen LogP contribution in [0, 0.1) is 18.6 Å². The number of fused-ring (bicyclic) bond motifs is 6. The van der Waals surface area contributed by atoms with E-state index in [4.69, 9.17) is 33.4 Å². The van der Waals surface area contributed by atoms with Crippen molar-refractivity contribution in [1.29, 1.82) is 0 Å². The quantitative estimate of drug-likeness (QED) is 0.110. The van der Waals surface area contributed by atoms with Crippen LogP contribution in [0.1, 0.15) is 75.6 Å². The zero-order chi connectivity index (χ0) is 52.6. The van der Waals surface area contributed by atoms with Crippen LogP contribution >= 0.6 is 0 Å². The van der Waals surface area contributed by atoms with Gasteiger partial charge in [0.2, 0.25) is 5.88 Å². The smallest absolute Gasteiger partial charge is 0.458 e. The van der Waals surface area contributed by atoms with Gasteiger partial charge >= 0.3 is 24.2 Å². The molecule has 0 spiro atoms. The molecule has 1 amide bonds. The Labute approximate surface area is 423 Å². The van der Waals surface area contributed by atoms with Crippen LogP contribution in [0.25, 0.3) is 22.2 Å². The summed E-state index contributed by atoms with van der Waals surface area (Å²) < 4.78 is 149. The molecule has 2 aromatic heterocycles. The molecule has 4 saturated heterocycles. The SMILES string of the molecule is COc1ccc(CN(Cc2ccc(OC)cc2)c2cc(C)c(C(F)(F)C(F)(F)F)c(-c3nc4c5c(nc(OC[C@@H]6CC[C@H]7COCCN76)nc5c3F)N3C[C@H]5CC[C@@H]([C@H]3[C@H](C)O4)N5C(=O)OC(C)(C)C)c2F)cc1. The molecular weight excluding hydrogens is 980 g/mol. The van der Waals surface area contributed by atoms with Gasteiger partial charge in [-0.05, 0) is 107 Å². The third kappa shape index (κ3) is 9.31. The molecule has 14 nitrogen and oxygen atoms in total. The van der Waals surface area contributed by atoms with Gasteiger partial charge in [-0.25, -0.2) is 18.6 Å². The van der Waals surface area contributed by atoms with Gasteiger partial charge < -0.3 is 38.2 Å². The zero-order valence-electron chi connectivity index (χ0n) is 42.1. The van der Waals surface area contributed by atoms with E-state index in [1.54, 1.807) is 81.1 Å². The fourth-order valence-electron chi connectivity index (χ4n) is 11.4. The summed E-state index contributed by atoms with van der Waals surface area (Å²) in [5.41, 5.74) is -5.84. The van der Waals surface area contributed by atoms with E-state index in [0.29, 0.717) is 55.2 Å². The van der Waals surface area contributed by atoms with Gasteiger partial charge in [-0.15, -0.1) is 0 Å².